The van der Waals surface area contributed by atoms with Gasteiger partial charge in [-0.1, -0.05) is 29.8 Å². The number of anilines is 1. The maximum absolute atomic E-state index is 11.9. The number of amides is 1. The van der Waals surface area contributed by atoms with Gasteiger partial charge in [-0.15, -0.1) is 11.8 Å². The summed E-state index contributed by atoms with van der Waals surface area (Å²) in [5.74, 6) is -0.523. The van der Waals surface area contributed by atoms with Crippen molar-refractivity contribution in [3.8, 4) is 0 Å². The third kappa shape index (κ3) is 6.98. The van der Waals surface area contributed by atoms with Crippen LogP contribution in [0.5, 0.6) is 0 Å². The third-order valence-corrected chi connectivity index (χ3v) is 5.13. The van der Waals surface area contributed by atoms with Crippen LogP contribution < -0.4 is 10.2 Å². The van der Waals surface area contributed by atoms with E-state index in [2.05, 4.69) is 11.4 Å². The Hall–Kier alpha value is -2.47. The van der Waals surface area contributed by atoms with Crippen LogP contribution in [0.4, 0.5) is 5.69 Å². The smallest absolute Gasteiger partial charge is 0.316 e. The first-order valence-electron chi connectivity index (χ1n) is 8.74. The minimum atomic E-state index is -0.398. The summed E-state index contributed by atoms with van der Waals surface area (Å²) in [4.78, 5) is 26.8. The Kier molecular flexibility index (Phi) is 7.73. The molecule has 0 unspecified atom stereocenters. The highest BCUT2D eigenvalue weighted by atomic mass is 32.2. The molecule has 0 bridgehead atoms. The molecule has 2 aromatic carbocycles. The van der Waals surface area contributed by atoms with Crippen molar-refractivity contribution in [1.82, 2.24) is 5.32 Å². The van der Waals surface area contributed by atoms with E-state index in [1.54, 1.807) is 0 Å². The number of rotatable bonds is 8. The van der Waals surface area contributed by atoms with Gasteiger partial charge in [0.05, 0.1) is 5.75 Å². The largest absolute Gasteiger partial charge is 0.455 e. The highest BCUT2D eigenvalue weighted by Gasteiger charge is 2.09. The van der Waals surface area contributed by atoms with E-state index in [9.17, 15) is 9.59 Å². The van der Waals surface area contributed by atoms with Gasteiger partial charge in [0, 0.05) is 31.2 Å². The van der Waals surface area contributed by atoms with Crippen molar-refractivity contribution in [2.24, 2.45) is 0 Å². The molecule has 2 rings (SSSR count). The molecule has 0 heterocycles. The number of esters is 1. The van der Waals surface area contributed by atoms with Crippen LogP contribution in [0, 0.1) is 13.8 Å². The Morgan fingerprint density at radius 3 is 2.41 bits per heavy atom. The molecule has 0 aliphatic rings. The topological polar surface area (TPSA) is 58.6 Å². The molecule has 1 N–H and O–H groups in total. The average molecular weight is 387 g/mol. The van der Waals surface area contributed by atoms with E-state index < -0.39 is 5.97 Å². The summed E-state index contributed by atoms with van der Waals surface area (Å²) in [6, 6.07) is 14.0. The monoisotopic (exact) mass is 386 g/mol. The zero-order valence-corrected chi connectivity index (χ0v) is 17.1. The third-order valence-electron chi connectivity index (χ3n) is 3.98. The minimum Gasteiger partial charge on any atom is -0.455 e. The van der Waals surface area contributed by atoms with Crippen LogP contribution >= 0.6 is 11.8 Å². The fourth-order valence-corrected chi connectivity index (χ4v) is 3.26. The summed E-state index contributed by atoms with van der Waals surface area (Å²) < 4.78 is 5.05. The van der Waals surface area contributed by atoms with Crippen LogP contribution in [0.15, 0.2) is 47.4 Å². The summed E-state index contributed by atoms with van der Waals surface area (Å²) in [6.45, 7) is 4.19. The second-order valence-corrected chi connectivity index (χ2v) is 7.57. The van der Waals surface area contributed by atoms with Crippen molar-refractivity contribution in [3.05, 3.63) is 59.2 Å². The first-order valence-corrected chi connectivity index (χ1v) is 9.72. The van der Waals surface area contributed by atoms with Crippen LogP contribution in [0.25, 0.3) is 0 Å². The number of nitrogens with zero attached hydrogens (tertiary/aromatic N) is 1. The van der Waals surface area contributed by atoms with E-state index in [4.69, 9.17) is 4.74 Å². The molecule has 0 saturated heterocycles. The minimum absolute atomic E-state index is 0.184. The quantitative estimate of drug-likeness (QED) is 0.557. The highest BCUT2D eigenvalue weighted by molar-refractivity contribution is 8.00. The van der Waals surface area contributed by atoms with Crippen LogP contribution in [-0.2, 0) is 20.9 Å². The van der Waals surface area contributed by atoms with Gasteiger partial charge in [-0.3, -0.25) is 9.59 Å². The summed E-state index contributed by atoms with van der Waals surface area (Å²) in [7, 11) is 3.95. The number of thioether (sulfide) groups is 1. The molecule has 0 radical (unpaired) electrons. The SMILES string of the molecule is Cc1ccc(SCC(=O)OCC(=O)NCc2ccc(N(C)C)cc2)c(C)c1. The number of hydrogen-bond donors (Lipinski definition) is 1. The lowest BCUT2D eigenvalue weighted by Gasteiger charge is -2.13. The van der Waals surface area contributed by atoms with Gasteiger partial charge in [-0.2, -0.15) is 0 Å². The highest BCUT2D eigenvalue weighted by Crippen LogP contribution is 2.23. The van der Waals surface area contributed by atoms with E-state index >= 15 is 0 Å². The van der Waals surface area contributed by atoms with Crippen LogP contribution in [0.1, 0.15) is 16.7 Å². The van der Waals surface area contributed by atoms with Gasteiger partial charge < -0.3 is 15.0 Å². The van der Waals surface area contributed by atoms with Crippen LogP contribution in [0.2, 0.25) is 0 Å². The van der Waals surface area contributed by atoms with Gasteiger partial charge in [0.25, 0.3) is 5.91 Å². The zero-order valence-electron chi connectivity index (χ0n) is 16.2. The molecule has 0 aromatic heterocycles. The predicted octanol–water partition coefficient (Wildman–Crippen LogP) is 3.32. The number of ether oxygens (including phenoxy) is 1. The molecule has 0 atom stereocenters. The van der Waals surface area contributed by atoms with E-state index in [0.29, 0.717) is 6.54 Å². The van der Waals surface area contributed by atoms with Gasteiger partial charge in [0.1, 0.15) is 0 Å². The lowest BCUT2D eigenvalue weighted by Crippen LogP contribution is -2.28. The van der Waals surface area contributed by atoms with Crippen molar-refractivity contribution in [2.75, 3.05) is 31.4 Å². The number of benzene rings is 2. The first kappa shape index (κ1) is 20.8. The standard InChI is InChI=1S/C21H26N2O3S/c1-15-5-10-19(16(2)11-15)27-14-21(25)26-13-20(24)22-12-17-6-8-18(9-7-17)23(3)4/h5-11H,12-14H2,1-4H3,(H,22,24). The van der Waals surface area contributed by atoms with Gasteiger partial charge in [0.2, 0.25) is 0 Å². The molecule has 5 nitrogen and oxygen atoms in total. The van der Waals surface area contributed by atoms with Crippen molar-refractivity contribution in [2.45, 2.75) is 25.3 Å². The summed E-state index contributed by atoms with van der Waals surface area (Å²) in [6.07, 6.45) is 0. The molecule has 0 spiro atoms. The first-order chi connectivity index (χ1) is 12.8. The molecule has 0 fully saturated rings. The van der Waals surface area contributed by atoms with Crippen molar-refractivity contribution < 1.29 is 14.3 Å². The van der Waals surface area contributed by atoms with E-state index in [-0.39, 0.29) is 18.3 Å². The van der Waals surface area contributed by atoms with Crippen LogP contribution in [-0.4, -0.2) is 38.3 Å². The summed E-state index contributed by atoms with van der Waals surface area (Å²) in [5, 5.41) is 2.76. The van der Waals surface area contributed by atoms with E-state index in [1.165, 1.54) is 17.3 Å². The summed E-state index contributed by atoms with van der Waals surface area (Å²) >= 11 is 1.42. The maximum atomic E-state index is 11.9. The van der Waals surface area contributed by atoms with E-state index in [0.717, 1.165) is 21.7 Å². The zero-order chi connectivity index (χ0) is 19.8. The predicted molar refractivity (Wildman–Crippen MR) is 110 cm³/mol. The van der Waals surface area contributed by atoms with E-state index in [1.807, 2.05) is 69.2 Å². The Bertz CT molecular complexity index is 789. The van der Waals surface area contributed by atoms with Gasteiger partial charge in [0.15, 0.2) is 6.61 Å². The Morgan fingerprint density at radius 2 is 1.78 bits per heavy atom. The van der Waals surface area contributed by atoms with Crippen molar-refractivity contribution in [1.29, 1.82) is 0 Å². The number of nitrogens with one attached hydrogen (secondary N) is 1. The number of aryl methyl sites for hydroxylation is 2. The van der Waals surface area contributed by atoms with Crippen molar-refractivity contribution >= 4 is 29.3 Å². The molecule has 0 aliphatic heterocycles. The molecule has 6 heteroatoms. The molecule has 1 amide bonds. The Labute approximate surface area is 165 Å². The maximum Gasteiger partial charge on any atom is 0.316 e. The summed E-state index contributed by atoms with van der Waals surface area (Å²) in [5.41, 5.74) is 4.41. The second kappa shape index (κ2) is 10.0. The second-order valence-electron chi connectivity index (χ2n) is 6.56. The fraction of sp³-hybridized carbons (Fsp3) is 0.333. The number of hydrogen-bond acceptors (Lipinski definition) is 5. The fourth-order valence-electron chi connectivity index (χ4n) is 2.45. The lowest BCUT2D eigenvalue weighted by molar-refractivity contribution is -0.145. The van der Waals surface area contributed by atoms with Gasteiger partial charge >= 0.3 is 5.97 Å². The molecule has 0 saturated carbocycles. The number of carbonyl (C=O) groups is 2. The Morgan fingerprint density at radius 1 is 1.07 bits per heavy atom. The lowest BCUT2D eigenvalue weighted by atomic mass is 10.2. The molecular weight excluding hydrogens is 360 g/mol. The molecular formula is C21H26N2O3S. The number of carbonyl (C=O) groups excluding carboxylic acids is 2. The van der Waals surface area contributed by atoms with Gasteiger partial charge in [-0.05, 0) is 43.2 Å². The molecule has 0 aliphatic carbocycles. The van der Waals surface area contributed by atoms with Gasteiger partial charge in [-0.25, -0.2) is 0 Å². The van der Waals surface area contributed by atoms with Crippen LogP contribution in [0.3, 0.4) is 0 Å². The average Bonchev–Trinajstić information content (AvgIpc) is 2.64. The molecule has 144 valence electrons. The Balaban J connectivity index is 1.69. The normalized spacial score (nSPS) is 10.4. The molecule has 2 aromatic rings. The molecule has 27 heavy (non-hydrogen) atoms. The van der Waals surface area contributed by atoms with Crippen molar-refractivity contribution in [3.63, 3.8) is 0 Å².